The molecule has 2 fully saturated rings. The fraction of sp³-hybridized carbons (Fsp3) is 0.400. The summed E-state index contributed by atoms with van der Waals surface area (Å²) in [5, 5.41) is 8.10. The lowest BCUT2D eigenvalue weighted by atomic mass is 10.0. The Morgan fingerprint density at radius 1 is 1.19 bits per heavy atom. The molecule has 2 unspecified atom stereocenters. The highest BCUT2D eigenvalue weighted by atomic mass is 35.5. The van der Waals surface area contributed by atoms with Gasteiger partial charge in [-0.05, 0) is 36.5 Å². The Kier molecular flexibility index (Phi) is 4.93. The molecular weight excluding hydrogens is 362 g/mol. The highest BCUT2D eigenvalue weighted by Crippen LogP contribution is 2.32. The Bertz CT molecular complexity index is 832. The minimum Gasteiger partial charge on any atom is -0.343 e. The van der Waals surface area contributed by atoms with Gasteiger partial charge in [0.2, 0.25) is 0 Å². The molecule has 6 nitrogen and oxygen atoms in total. The van der Waals surface area contributed by atoms with Crippen LogP contribution in [0.4, 0.5) is 10.6 Å². The van der Waals surface area contributed by atoms with E-state index < -0.39 is 0 Å². The first-order valence-corrected chi connectivity index (χ1v) is 9.60. The summed E-state index contributed by atoms with van der Waals surface area (Å²) >= 11 is 5.96. The van der Waals surface area contributed by atoms with Crippen LogP contribution in [-0.2, 0) is 6.54 Å². The standard InChI is InChI=1S/C20H24ClN5O/c1-14(2)22-19-7-8-26(23-19)20(27)25-12-16-10-24(11-17(16)13-25)9-15-3-5-18(21)6-4-15/h3-8,16-17H,1,9-13H2,2H3,(H,22,23). The van der Waals surface area contributed by atoms with E-state index in [-0.39, 0.29) is 6.03 Å². The van der Waals surface area contributed by atoms with E-state index >= 15 is 0 Å². The summed E-state index contributed by atoms with van der Waals surface area (Å²) in [4.78, 5) is 17.1. The van der Waals surface area contributed by atoms with Crippen LogP contribution in [0.15, 0.2) is 48.8 Å². The smallest absolute Gasteiger partial charge is 0.343 e. The van der Waals surface area contributed by atoms with Crippen LogP contribution >= 0.6 is 11.6 Å². The van der Waals surface area contributed by atoms with Crippen molar-refractivity contribution >= 4 is 23.4 Å². The minimum atomic E-state index is -0.0524. The second-order valence-electron chi connectivity index (χ2n) is 7.58. The quantitative estimate of drug-likeness (QED) is 0.875. The molecule has 142 valence electrons. The Hall–Kier alpha value is -2.31. The number of rotatable bonds is 4. The van der Waals surface area contributed by atoms with Crippen LogP contribution < -0.4 is 5.32 Å². The molecule has 0 aliphatic carbocycles. The van der Waals surface area contributed by atoms with E-state index in [9.17, 15) is 4.79 Å². The third-order valence-electron chi connectivity index (χ3n) is 5.28. The number of carbonyl (C=O) groups is 1. The number of carbonyl (C=O) groups excluding carboxylic acids is 1. The molecule has 0 radical (unpaired) electrons. The second kappa shape index (κ2) is 7.37. The zero-order valence-electron chi connectivity index (χ0n) is 15.4. The first-order valence-electron chi connectivity index (χ1n) is 9.22. The van der Waals surface area contributed by atoms with E-state index in [4.69, 9.17) is 11.6 Å². The van der Waals surface area contributed by atoms with Crippen LogP contribution in [0.25, 0.3) is 0 Å². The number of hydrogen-bond donors (Lipinski definition) is 1. The van der Waals surface area contributed by atoms with Crippen molar-refractivity contribution in [1.29, 1.82) is 0 Å². The van der Waals surface area contributed by atoms with Crippen molar-refractivity contribution in [2.24, 2.45) is 11.8 Å². The molecule has 0 saturated carbocycles. The predicted octanol–water partition coefficient (Wildman–Crippen LogP) is 3.51. The van der Waals surface area contributed by atoms with Crippen molar-refractivity contribution in [3.8, 4) is 0 Å². The monoisotopic (exact) mass is 385 g/mol. The molecule has 0 bridgehead atoms. The molecule has 2 saturated heterocycles. The largest absolute Gasteiger partial charge is 0.344 e. The Morgan fingerprint density at radius 2 is 1.85 bits per heavy atom. The number of fused-ring (bicyclic) bond motifs is 1. The van der Waals surface area contributed by atoms with Crippen molar-refractivity contribution in [2.75, 3.05) is 31.5 Å². The van der Waals surface area contributed by atoms with Gasteiger partial charge in [0, 0.05) is 55.7 Å². The number of halogens is 1. The van der Waals surface area contributed by atoms with Gasteiger partial charge in [0.1, 0.15) is 0 Å². The van der Waals surface area contributed by atoms with Crippen LogP contribution in [0.3, 0.4) is 0 Å². The number of amides is 1. The Morgan fingerprint density at radius 3 is 2.48 bits per heavy atom. The normalized spacial score (nSPS) is 22.1. The van der Waals surface area contributed by atoms with Crippen molar-refractivity contribution in [1.82, 2.24) is 19.6 Å². The molecule has 0 spiro atoms. The van der Waals surface area contributed by atoms with Crippen molar-refractivity contribution in [3.05, 3.63) is 59.4 Å². The summed E-state index contributed by atoms with van der Waals surface area (Å²) in [5.41, 5.74) is 2.07. The van der Waals surface area contributed by atoms with Crippen molar-refractivity contribution < 1.29 is 4.79 Å². The van der Waals surface area contributed by atoms with Gasteiger partial charge in [-0.25, -0.2) is 4.79 Å². The molecule has 1 aromatic heterocycles. The number of allylic oxidation sites excluding steroid dienone is 1. The number of nitrogens with one attached hydrogen (secondary N) is 1. The number of aromatic nitrogens is 2. The Balaban J connectivity index is 1.32. The number of anilines is 1. The lowest BCUT2D eigenvalue weighted by Crippen LogP contribution is -2.36. The highest BCUT2D eigenvalue weighted by molar-refractivity contribution is 6.30. The van der Waals surface area contributed by atoms with Crippen LogP contribution in [0.1, 0.15) is 12.5 Å². The van der Waals surface area contributed by atoms with Gasteiger partial charge >= 0.3 is 6.03 Å². The number of likely N-dealkylation sites (tertiary alicyclic amines) is 2. The fourth-order valence-electron chi connectivity index (χ4n) is 4.08. The third kappa shape index (κ3) is 4.01. The average molecular weight is 386 g/mol. The minimum absolute atomic E-state index is 0.0524. The maximum absolute atomic E-state index is 12.7. The van der Waals surface area contributed by atoms with E-state index in [1.165, 1.54) is 10.2 Å². The van der Waals surface area contributed by atoms with Gasteiger partial charge in [-0.3, -0.25) is 4.90 Å². The first kappa shape index (κ1) is 18.1. The molecule has 7 heteroatoms. The van der Waals surface area contributed by atoms with Crippen LogP contribution in [0, 0.1) is 11.8 Å². The van der Waals surface area contributed by atoms with Crippen molar-refractivity contribution in [2.45, 2.75) is 13.5 Å². The number of benzene rings is 1. The predicted molar refractivity (Wildman–Crippen MR) is 107 cm³/mol. The summed E-state index contributed by atoms with van der Waals surface area (Å²) in [6.07, 6.45) is 1.70. The van der Waals surface area contributed by atoms with Gasteiger partial charge in [-0.1, -0.05) is 30.3 Å². The van der Waals surface area contributed by atoms with E-state index in [0.29, 0.717) is 17.7 Å². The van der Waals surface area contributed by atoms with Crippen LogP contribution in [0.5, 0.6) is 0 Å². The fourth-order valence-corrected chi connectivity index (χ4v) is 4.21. The van der Waals surface area contributed by atoms with E-state index in [1.54, 1.807) is 12.3 Å². The molecule has 2 aliphatic heterocycles. The van der Waals surface area contributed by atoms with E-state index in [1.807, 2.05) is 24.0 Å². The summed E-state index contributed by atoms with van der Waals surface area (Å²) in [6, 6.07) is 9.78. The summed E-state index contributed by atoms with van der Waals surface area (Å²) in [5.74, 6) is 1.71. The average Bonchev–Trinajstić information content (AvgIpc) is 3.30. The van der Waals surface area contributed by atoms with Crippen LogP contribution in [0.2, 0.25) is 5.02 Å². The van der Waals surface area contributed by atoms with E-state index in [2.05, 4.69) is 34.0 Å². The molecule has 3 heterocycles. The summed E-state index contributed by atoms with van der Waals surface area (Å²) in [7, 11) is 0. The summed E-state index contributed by atoms with van der Waals surface area (Å²) in [6.45, 7) is 10.2. The maximum Gasteiger partial charge on any atom is 0.344 e. The molecule has 1 amide bonds. The lowest BCUT2D eigenvalue weighted by molar-refractivity contribution is 0.197. The van der Waals surface area contributed by atoms with Gasteiger partial charge in [0.25, 0.3) is 0 Å². The van der Waals surface area contributed by atoms with Gasteiger partial charge in [0.15, 0.2) is 5.82 Å². The maximum atomic E-state index is 12.7. The molecule has 1 aromatic carbocycles. The van der Waals surface area contributed by atoms with Gasteiger partial charge < -0.3 is 10.2 Å². The third-order valence-corrected chi connectivity index (χ3v) is 5.53. The van der Waals surface area contributed by atoms with Gasteiger partial charge in [-0.2, -0.15) is 4.68 Å². The highest BCUT2D eigenvalue weighted by Gasteiger charge is 2.41. The molecule has 27 heavy (non-hydrogen) atoms. The van der Waals surface area contributed by atoms with Gasteiger partial charge in [-0.15, -0.1) is 5.10 Å². The van der Waals surface area contributed by atoms with Crippen LogP contribution in [-0.4, -0.2) is 51.8 Å². The molecule has 2 aliphatic rings. The SMILES string of the molecule is C=C(C)Nc1ccn(C(=O)N2CC3CN(Cc4ccc(Cl)cc4)CC3C2)n1. The molecular formula is C20H24ClN5O. The zero-order valence-corrected chi connectivity index (χ0v) is 16.2. The number of hydrogen-bond acceptors (Lipinski definition) is 4. The molecule has 1 N–H and O–H groups in total. The zero-order chi connectivity index (χ0) is 19.0. The lowest BCUT2D eigenvalue weighted by Gasteiger charge is -2.21. The molecule has 4 rings (SSSR count). The Labute approximate surface area is 164 Å². The summed E-state index contributed by atoms with van der Waals surface area (Å²) < 4.78 is 1.41. The molecule has 2 aromatic rings. The topological polar surface area (TPSA) is 53.4 Å². The first-order chi connectivity index (χ1) is 13.0. The second-order valence-corrected chi connectivity index (χ2v) is 8.02. The molecule has 2 atom stereocenters. The number of nitrogens with zero attached hydrogens (tertiary/aromatic N) is 4. The van der Waals surface area contributed by atoms with E-state index in [0.717, 1.165) is 43.4 Å². The van der Waals surface area contributed by atoms with Gasteiger partial charge in [0.05, 0.1) is 0 Å². The van der Waals surface area contributed by atoms with Crippen molar-refractivity contribution in [3.63, 3.8) is 0 Å².